The van der Waals surface area contributed by atoms with Crippen molar-refractivity contribution in [3.8, 4) is 6.07 Å². The fourth-order valence-electron chi connectivity index (χ4n) is 2.27. The number of benzene rings is 2. The van der Waals surface area contributed by atoms with Crippen molar-refractivity contribution in [1.29, 1.82) is 5.26 Å². The highest BCUT2D eigenvalue weighted by atomic mass is 35.5. The van der Waals surface area contributed by atoms with Gasteiger partial charge in [-0.3, -0.25) is 14.9 Å². The monoisotopic (exact) mass is 466 g/mol. The molecule has 0 aromatic heterocycles. The first-order valence-corrected chi connectivity index (χ1v) is 10.2. The molecule has 0 saturated carbocycles. The van der Waals surface area contributed by atoms with E-state index in [4.69, 9.17) is 21.6 Å². The molecule has 0 bridgehead atoms. The average Bonchev–Trinajstić information content (AvgIpc) is 2.72. The van der Waals surface area contributed by atoms with Gasteiger partial charge in [0.1, 0.15) is 6.07 Å². The highest BCUT2D eigenvalue weighted by Crippen LogP contribution is 2.23. The second kappa shape index (κ2) is 9.52. The number of nitro benzene ring substituents is 1. The predicted octanol–water partition coefficient (Wildman–Crippen LogP) is 2.17. The highest BCUT2D eigenvalue weighted by molar-refractivity contribution is 7.89. The van der Waals surface area contributed by atoms with E-state index in [1.807, 2.05) is 0 Å². The van der Waals surface area contributed by atoms with E-state index in [-0.39, 0.29) is 32.4 Å². The number of anilines is 1. The van der Waals surface area contributed by atoms with Gasteiger partial charge in [0.25, 0.3) is 11.6 Å². The summed E-state index contributed by atoms with van der Waals surface area (Å²) in [7, 11) is -1.19. The van der Waals surface area contributed by atoms with Crippen LogP contribution >= 0.6 is 11.6 Å². The molecule has 11 nitrogen and oxygen atoms in total. The summed E-state index contributed by atoms with van der Waals surface area (Å²) >= 11 is 5.94. The van der Waals surface area contributed by atoms with E-state index >= 15 is 0 Å². The smallest absolute Gasteiger partial charge is 0.340 e. The number of halogens is 1. The van der Waals surface area contributed by atoms with Crippen LogP contribution in [0.1, 0.15) is 15.9 Å². The van der Waals surface area contributed by atoms with Crippen LogP contribution in [0.4, 0.5) is 11.4 Å². The molecule has 0 radical (unpaired) electrons. The fourth-order valence-corrected chi connectivity index (χ4v) is 3.40. The Morgan fingerprint density at radius 1 is 1.26 bits per heavy atom. The van der Waals surface area contributed by atoms with Crippen molar-refractivity contribution in [3.63, 3.8) is 0 Å². The molecule has 2 aromatic rings. The van der Waals surface area contributed by atoms with E-state index in [1.54, 1.807) is 6.07 Å². The number of amides is 1. The zero-order chi connectivity index (χ0) is 23.3. The minimum absolute atomic E-state index is 0.00810. The molecule has 0 aliphatic heterocycles. The van der Waals surface area contributed by atoms with Crippen molar-refractivity contribution in [2.24, 2.45) is 0 Å². The van der Waals surface area contributed by atoms with Crippen molar-refractivity contribution in [2.75, 3.05) is 26.0 Å². The number of esters is 1. The number of non-ortho nitro benzene ring substituents is 1. The summed E-state index contributed by atoms with van der Waals surface area (Å²) in [6, 6.07) is 8.43. The third-order valence-electron chi connectivity index (χ3n) is 3.88. The molecule has 0 aliphatic rings. The number of nitrogens with one attached hydrogen (secondary N) is 1. The summed E-state index contributed by atoms with van der Waals surface area (Å²) in [4.78, 5) is 34.2. The van der Waals surface area contributed by atoms with Gasteiger partial charge in [-0.05, 0) is 24.3 Å². The number of carbonyl (C=O) groups excluding carboxylic acids is 2. The molecule has 0 heterocycles. The van der Waals surface area contributed by atoms with E-state index in [0.717, 1.165) is 22.5 Å². The number of nitriles is 1. The lowest BCUT2D eigenvalue weighted by atomic mass is 10.1. The Labute approximate surface area is 182 Å². The number of hydrogen-bond acceptors (Lipinski definition) is 8. The maximum absolute atomic E-state index is 12.3. The third kappa shape index (κ3) is 5.54. The predicted molar refractivity (Wildman–Crippen MR) is 109 cm³/mol. The van der Waals surface area contributed by atoms with E-state index < -0.39 is 33.4 Å². The first kappa shape index (κ1) is 23.7. The maximum Gasteiger partial charge on any atom is 0.340 e. The van der Waals surface area contributed by atoms with Crippen LogP contribution in [0.3, 0.4) is 0 Å². The van der Waals surface area contributed by atoms with Gasteiger partial charge in [0.2, 0.25) is 10.0 Å². The number of rotatable bonds is 7. The number of hydrogen-bond donors (Lipinski definition) is 1. The quantitative estimate of drug-likeness (QED) is 0.369. The maximum atomic E-state index is 12.3. The van der Waals surface area contributed by atoms with Crippen LogP contribution in [0.25, 0.3) is 0 Å². The number of nitrogens with zero attached hydrogens (tertiary/aromatic N) is 3. The molecule has 162 valence electrons. The van der Waals surface area contributed by atoms with Crippen LogP contribution in [-0.2, 0) is 19.6 Å². The van der Waals surface area contributed by atoms with E-state index in [1.165, 1.54) is 32.3 Å². The molecule has 0 spiro atoms. The SMILES string of the molecule is CN(C)S(=O)(=O)c1ccc(Cl)c(C(=O)OCC(=O)Nc2ccc([N+](=O)[O-])cc2C#N)c1. The Bertz CT molecular complexity index is 1210. The highest BCUT2D eigenvalue weighted by Gasteiger charge is 2.22. The second-order valence-electron chi connectivity index (χ2n) is 6.15. The summed E-state index contributed by atoms with van der Waals surface area (Å²) in [5.41, 5.74) is -0.751. The van der Waals surface area contributed by atoms with Crippen molar-refractivity contribution >= 4 is 44.9 Å². The van der Waals surface area contributed by atoms with Gasteiger partial charge in [-0.1, -0.05) is 11.6 Å². The Hall–Kier alpha value is -3.53. The molecule has 0 saturated heterocycles. The molecule has 31 heavy (non-hydrogen) atoms. The van der Waals surface area contributed by atoms with Crippen molar-refractivity contribution in [1.82, 2.24) is 4.31 Å². The van der Waals surface area contributed by atoms with Gasteiger partial charge < -0.3 is 10.1 Å². The molecule has 0 fully saturated rings. The van der Waals surface area contributed by atoms with Gasteiger partial charge in [-0.2, -0.15) is 5.26 Å². The summed E-state index contributed by atoms with van der Waals surface area (Å²) in [6.07, 6.45) is 0. The molecule has 0 aliphatic carbocycles. The molecule has 1 N–H and O–H groups in total. The average molecular weight is 467 g/mol. The Morgan fingerprint density at radius 2 is 1.94 bits per heavy atom. The Balaban J connectivity index is 2.12. The molecule has 0 unspecified atom stereocenters. The standard InChI is InChI=1S/C18H15ClN4O7S/c1-22(2)31(28,29)13-4-5-15(19)14(8-13)18(25)30-10-17(24)21-16-6-3-12(23(26)27)7-11(16)9-20/h3-8H,10H2,1-2H3,(H,21,24). The summed E-state index contributed by atoms with van der Waals surface area (Å²) in [5, 5.41) is 22.1. The number of carbonyl (C=O) groups is 2. The van der Waals surface area contributed by atoms with Gasteiger partial charge in [0, 0.05) is 26.2 Å². The fraction of sp³-hybridized carbons (Fsp3) is 0.167. The molecule has 2 rings (SSSR count). The van der Waals surface area contributed by atoms with Crippen LogP contribution in [0.5, 0.6) is 0 Å². The first-order valence-electron chi connectivity index (χ1n) is 8.35. The Kier molecular flexibility index (Phi) is 7.29. The molecule has 2 aromatic carbocycles. The van der Waals surface area contributed by atoms with Crippen LogP contribution < -0.4 is 5.32 Å². The van der Waals surface area contributed by atoms with E-state index in [0.29, 0.717) is 0 Å². The summed E-state index contributed by atoms with van der Waals surface area (Å²) in [5.74, 6) is -1.87. The van der Waals surface area contributed by atoms with Gasteiger partial charge in [-0.25, -0.2) is 17.5 Å². The molecular weight excluding hydrogens is 452 g/mol. The van der Waals surface area contributed by atoms with Crippen LogP contribution in [0.2, 0.25) is 5.02 Å². The van der Waals surface area contributed by atoms with Gasteiger partial charge >= 0.3 is 5.97 Å². The second-order valence-corrected chi connectivity index (χ2v) is 8.71. The van der Waals surface area contributed by atoms with Gasteiger partial charge in [0.15, 0.2) is 6.61 Å². The van der Waals surface area contributed by atoms with Gasteiger partial charge in [-0.15, -0.1) is 0 Å². The van der Waals surface area contributed by atoms with Crippen LogP contribution in [0.15, 0.2) is 41.3 Å². The zero-order valence-corrected chi connectivity index (χ0v) is 17.7. The normalized spacial score (nSPS) is 10.9. The number of sulfonamides is 1. The summed E-state index contributed by atoms with van der Waals surface area (Å²) in [6.45, 7) is -0.776. The van der Waals surface area contributed by atoms with Crippen molar-refractivity contribution in [3.05, 3.63) is 62.7 Å². The lowest BCUT2D eigenvalue weighted by Gasteiger charge is -2.13. The van der Waals surface area contributed by atoms with Crippen molar-refractivity contribution in [2.45, 2.75) is 4.90 Å². The van der Waals surface area contributed by atoms with E-state index in [2.05, 4.69) is 5.32 Å². The molecule has 13 heteroatoms. The molecular formula is C18H15ClN4O7S. The minimum atomic E-state index is -3.83. The first-order chi connectivity index (χ1) is 14.5. The lowest BCUT2D eigenvalue weighted by Crippen LogP contribution is -2.23. The molecule has 0 atom stereocenters. The van der Waals surface area contributed by atoms with Crippen LogP contribution in [0, 0.1) is 21.4 Å². The number of nitro groups is 1. The third-order valence-corrected chi connectivity index (χ3v) is 6.02. The lowest BCUT2D eigenvalue weighted by molar-refractivity contribution is -0.384. The molecule has 1 amide bonds. The van der Waals surface area contributed by atoms with Gasteiger partial charge in [0.05, 0.1) is 31.7 Å². The number of ether oxygens (including phenoxy) is 1. The topological polar surface area (TPSA) is 160 Å². The largest absolute Gasteiger partial charge is 0.452 e. The van der Waals surface area contributed by atoms with E-state index in [9.17, 15) is 28.1 Å². The minimum Gasteiger partial charge on any atom is -0.452 e. The Morgan fingerprint density at radius 3 is 2.52 bits per heavy atom. The van der Waals surface area contributed by atoms with Crippen molar-refractivity contribution < 1.29 is 27.7 Å². The zero-order valence-electron chi connectivity index (χ0n) is 16.2. The summed E-state index contributed by atoms with van der Waals surface area (Å²) < 4.78 is 30.2. The van der Waals surface area contributed by atoms with Crippen LogP contribution in [-0.4, -0.2) is 50.2 Å².